The van der Waals surface area contributed by atoms with E-state index in [9.17, 15) is 22.4 Å². The highest BCUT2D eigenvalue weighted by Crippen LogP contribution is 2.31. The van der Waals surface area contributed by atoms with Gasteiger partial charge in [0.05, 0.1) is 5.56 Å². The van der Waals surface area contributed by atoms with Gasteiger partial charge in [0.1, 0.15) is 23.9 Å². The molecule has 2 heterocycles. The molecule has 1 fully saturated rings. The Morgan fingerprint density at radius 2 is 1.62 bits per heavy atom. The number of Topliss-reactive ketones (excluding diaryl/α,β-unsaturated/α-hetero) is 1. The normalized spacial score (nSPS) is 16.4. The summed E-state index contributed by atoms with van der Waals surface area (Å²) in [5, 5.41) is 0. The predicted molar refractivity (Wildman–Crippen MR) is 111 cm³/mol. The third-order valence-electron chi connectivity index (χ3n) is 5.30. The van der Waals surface area contributed by atoms with Crippen molar-refractivity contribution in [3.63, 3.8) is 0 Å². The summed E-state index contributed by atoms with van der Waals surface area (Å²) in [4.78, 5) is 24.3. The van der Waals surface area contributed by atoms with E-state index < -0.39 is 39.1 Å². The first-order valence-corrected chi connectivity index (χ1v) is 11.7. The van der Waals surface area contributed by atoms with Gasteiger partial charge in [-0.25, -0.2) is 17.6 Å². The van der Waals surface area contributed by atoms with Crippen LogP contribution in [0.3, 0.4) is 0 Å². The number of sulfonamides is 1. The number of benzene rings is 2. The van der Waals surface area contributed by atoms with Gasteiger partial charge in [-0.2, -0.15) is 4.31 Å². The molecular formula is C22H22FNO7S. The molecule has 0 aliphatic carbocycles. The second-order valence-corrected chi connectivity index (χ2v) is 9.37. The number of carbonyl (C=O) groups excluding carboxylic acids is 2. The summed E-state index contributed by atoms with van der Waals surface area (Å²) in [6.45, 7) is 0.836. The molecule has 0 amide bonds. The molecule has 8 nitrogen and oxygen atoms in total. The highest BCUT2D eigenvalue weighted by atomic mass is 32.2. The Bertz CT molecular complexity index is 1140. The number of carbonyl (C=O) groups is 2. The van der Waals surface area contributed by atoms with Gasteiger partial charge in [-0.15, -0.1) is 0 Å². The first-order valence-electron chi connectivity index (χ1n) is 10.3. The highest BCUT2D eigenvalue weighted by Gasteiger charge is 2.29. The minimum Gasteiger partial charge on any atom is -0.486 e. The van der Waals surface area contributed by atoms with E-state index in [0.29, 0.717) is 50.6 Å². The average Bonchev–Trinajstić information content (AvgIpc) is 2.82. The molecular weight excluding hydrogens is 441 g/mol. The molecule has 10 heteroatoms. The number of esters is 1. The second kappa shape index (κ2) is 9.25. The monoisotopic (exact) mass is 463 g/mol. The lowest BCUT2D eigenvalue weighted by Crippen LogP contribution is -2.36. The van der Waals surface area contributed by atoms with Gasteiger partial charge in [-0.1, -0.05) is 6.42 Å². The zero-order valence-electron chi connectivity index (χ0n) is 17.2. The van der Waals surface area contributed by atoms with Crippen molar-refractivity contribution in [2.24, 2.45) is 0 Å². The Balaban J connectivity index is 1.45. The number of ketones is 1. The molecule has 0 unspecified atom stereocenters. The zero-order valence-corrected chi connectivity index (χ0v) is 18.0. The van der Waals surface area contributed by atoms with E-state index in [4.69, 9.17) is 14.2 Å². The van der Waals surface area contributed by atoms with E-state index >= 15 is 0 Å². The number of ether oxygens (including phenoxy) is 3. The Hall–Kier alpha value is -2.98. The fourth-order valence-electron chi connectivity index (χ4n) is 3.59. The summed E-state index contributed by atoms with van der Waals surface area (Å²) >= 11 is 0. The van der Waals surface area contributed by atoms with Gasteiger partial charge in [0, 0.05) is 18.7 Å². The van der Waals surface area contributed by atoms with Crippen LogP contribution >= 0.6 is 0 Å². The largest absolute Gasteiger partial charge is 0.486 e. The Kier molecular flexibility index (Phi) is 6.43. The van der Waals surface area contributed by atoms with Gasteiger partial charge in [-0.05, 0) is 49.2 Å². The summed E-state index contributed by atoms with van der Waals surface area (Å²) in [6, 6.07) is 7.63. The Morgan fingerprint density at radius 1 is 0.938 bits per heavy atom. The first kappa shape index (κ1) is 22.2. The fraction of sp³-hybridized carbons (Fsp3) is 0.364. The zero-order chi connectivity index (χ0) is 22.7. The molecule has 1 saturated heterocycles. The van der Waals surface area contributed by atoms with E-state index in [2.05, 4.69) is 0 Å². The van der Waals surface area contributed by atoms with E-state index in [1.165, 1.54) is 16.4 Å². The van der Waals surface area contributed by atoms with Crippen molar-refractivity contribution in [3.8, 4) is 11.5 Å². The summed E-state index contributed by atoms with van der Waals surface area (Å²) < 4.78 is 57.0. The van der Waals surface area contributed by atoms with Crippen LogP contribution in [0.5, 0.6) is 11.5 Å². The van der Waals surface area contributed by atoms with Crippen molar-refractivity contribution < 1.29 is 36.6 Å². The standard InChI is InChI=1S/C22H22FNO7S/c23-17-6-4-16(13-21(17)32(27,28)24-8-2-1-3-9-24)22(26)31-14-18(25)15-5-7-19-20(12-15)30-11-10-29-19/h4-7,12-13H,1-3,8-11,14H2. The molecule has 170 valence electrons. The van der Waals surface area contributed by atoms with Crippen LogP contribution in [0.1, 0.15) is 40.0 Å². The molecule has 0 N–H and O–H groups in total. The van der Waals surface area contributed by atoms with Crippen molar-refractivity contribution in [2.45, 2.75) is 24.2 Å². The van der Waals surface area contributed by atoms with Gasteiger partial charge in [0.15, 0.2) is 23.9 Å². The molecule has 2 aromatic carbocycles. The van der Waals surface area contributed by atoms with Crippen molar-refractivity contribution in [1.82, 2.24) is 4.31 Å². The topological polar surface area (TPSA) is 99.2 Å². The van der Waals surface area contributed by atoms with Crippen LogP contribution in [0, 0.1) is 5.82 Å². The second-order valence-electron chi connectivity index (χ2n) is 7.47. The number of piperidine rings is 1. The van der Waals surface area contributed by atoms with E-state index in [1.54, 1.807) is 6.07 Å². The van der Waals surface area contributed by atoms with Gasteiger partial charge in [0.2, 0.25) is 10.0 Å². The van der Waals surface area contributed by atoms with Crippen LogP contribution in [0.4, 0.5) is 4.39 Å². The Morgan fingerprint density at radius 3 is 2.38 bits per heavy atom. The number of rotatable bonds is 6. The first-order chi connectivity index (χ1) is 15.4. The maximum Gasteiger partial charge on any atom is 0.338 e. The molecule has 32 heavy (non-hydrogen) atoms. The molecule has 0 spiro atoms. The molecule has 0 bridgehead atoms. The predicted octanol–water partition coefficient (Wildman–Crippen LogP) is 2.81. The van der Waals surface area contributed by atoms with Gasteiger partial charge in [-0.3, -0.25) is 4.79 Å². The number of halogens is 1. The third kappa shape index (κ3) is 4.61. The molecule has 0 aromatic heterocycles. The quantitative estimate of drug-likeness (QED) is 0.480. The van der Waals surface area contributed by atoms with E-state index in [-0.39, 0.29) is 11.1 Å². The minimum absolute atomic E-state index is 0.156. The van der Waals surface area contributed by atoms with Gasteiger partial charge in [0.25, 0.3) is 0 Å². The lowest BCUT2D eigenvalue weighted by molar-refractivity contribution is 0.0474. The summed E-state index contributed by atoms with van der Waals surface area (Å²) in [5.41, 5.74) is 0.117. The Labute approximate surface area is 184 Å². The maximum atomic E-state index is 14.3. The van der Waals surface area contributed by atoms with Crippen LogP contribution in [0.15, 0.2) is 41.3 Å². The molecule has 0 radical (unpaired) electrons. The number of hydrogen-bond donors (Lipinski definition) is 0. The lowest BCUT2D eigenvalue weighted by Gasteiger charge is -2.26. The molecule has 2 aromatic rings. The summed E-state index contributed by atoms with van der Waals surface area (Å²) in [5.74, 6) is -1.39. The minimum atomic E-state index is -4.07. The maximum absolute atomic E-state index is 14.3. The van der Waals surface area contributed by atoms with Crippen LogP contribution in [-0.2, 0) is 14.8 Å². The molecule has 2 aliphatic rings. The van der Waals surface area contributed by atoms with E-state index in [1.807, 2.05) is 0 Å². The fourth-order valence-corrected chi connectivity index (χ4v) is 5.19. The smallest absolute Gasteiger partial charge is 0.338 e. The van der Waals surface area contributed by atoms with Gasteiger partial charge < -0.3 is 14.2 Å². The van der Waals surface area contributed by atoms with Crippen molar-refractivity contribution in [1.29, 1.82) is 0 Å². The van der Waals surface area contributed by atoms with Crippen molar-refractivity contribution >= 4 is 21.8 Å². The number of fused-ring (bicyclic) bond motifs is 1. The highest BCUT2D eigenvalue weighted by molar-refractivity contribution is 7.89. The molecule has 2 aliphatic heterocycles. The summed E-state index contributed by atoms with van der Waals surface area (Å²) in [6.07, 6.45) is 2.31. The molecule has 0 atom stereocenters. The van der Waals surface area contributed by atoms with Crippen LogP contribution < -0.4 is 9.47 Å². The third-order valence-corrected chi connectivity index (χ3v) is 7.21. The lowest BCUT2D eigenvalue weighted by atomic mass is 10.1. The van der Waals surface area contributed by atoms with Gasteiger partial charge >= 0.3 is 5.97 Å². The molecule has 4 rings (SSSR count). The SMILES string of the molecule is O=C(COC(=O)c1ccc(F)c(S(=O)(=O)N2CCCCC2)c1)c1ccc2c(c1)OCCO2. The van der Waals surface area contributed by atoms with Crippen molar-refractivity contribution in [2.75, 3.05) is 32.9 Å². The number of hydrogen-bond acceptors (Lipinski definition) is 7. The van der Waals surface area contributed by atoms with Crippen LogP contribution in [0.25, 0.3) is 0 Å². The van der Waals surface area contributed by atoms with Crippen molar-refractivity contribution in [3.05, 3.63) is 53.3 Å². The summed E-state index contributed by atoms with van der Waals surface area (Å²) in [7, 11) is -4.07. The van der Waals surface area contributed by atoms with Crippen LogP contribution in [-0.4, -0.2) is 57.4 Å². The van der Waals surface area contributed by atoms with Crippen LogP contribution in [0.2, 0.25) is 0 Å². The number of nitrogens with zero attached hydrogens (tertiary/aromatic N) is 1. The van der Waals surface area contributed by atoms with E-state index in [0.717, 1.165) is 24.6 Å². The molecule has 0 saturated carbocycles. The average molecular weight is 463 g/mol.